The lowest BCUT2D eigenvalue weighted by Gasteiger charge is -2.03. The highest BCUT2D eigenvalue weighted by molar-refractivity contribution is 6.33. The summed E-state index contributed by atoms with van der Waals surface area (Å²) in [5, 5.41) is 21.7. The number of aromatic nitrogens is 4. The van der Waals surface area contributed by atoms with Crippen LogP contribution in [0.15, 0.2) is 36.7 Å². The Morgan fingerprint density at radius 1 is 1.33 bits per heavy atom. The monoisotopic (exact) mass is 392 g/mol. The van der Waals surface area contributed by atoms with Crippen molar-refractivity contribution in [1.82, 2.24) is 19.6 Å². The molecule has 3 aromatic rings. The van der Waals surface area contributed by atoms with Gasteiger partial charge in [0, 0.05) is 6.20 Å². The zero-order chi connectivity index (χ0) is 19.6. The minimum absolute atomic E-state index is 0.136. The van der Waals surface area contributed by atoms with Crippen LogP contribution in [-0.2, 0) is 17.9 Å². The Balaban J connectivity index is 1.67. The second kappa shape index (κ2) is 7.54. The van der Waals surface area contributed by atoms with Crippen LogP contribution < -0.4 is 5.32 Å². The van der Waals surface area contributed by atoms with Gasteiger partial charge >= 0.3 is 5.69 Å². The molecule has 9 nitrogen and oxygen atoms in total. The van der Waals surface area contributed by atoms with Gasteiger partial charge in [-0.15, -0.1) is 0 Å². The lowest BCUT2D eigenvalue weighted by Crippen LogP contribution is -2.19. The van der Waals surface area contributed by atoms with E-state index >= 15 is 0 Å². The smallest absolute Gasteiger partial charge is 0.306 e. The molecule has 2 aromatic heterocycles. The molecule has 0 fully saturated rings. The Hall–Kier alpha value is -3.27. The minimum Gasteiger partial charge on any atom is -0.306 e. The summed E-state index contributed by atoms with van der Waals surface area (Å²) in [5.74, 6) is -0.718. The lowest BCUT2D eigenvalue weighted by molar-refractivity contribution is -0.385. The van der Waals surface area contributed by atoms with Crippen LogP contribution >= 0.6 is 11.6 Å². The summed E-state index contributed by atoms with van der Waals surface area (Å²) in [6, 6.07) is 6.04. The van der Waals surface area contributed by atoms with E-state index in [1.165, 1.54) is 40.8 Å². The van der Waals surface area contributed by atoms with Gasteiger partial charge in [-0.2, -0.15) is 10.2 Å². The molecule has 1 aromatic carbocycles. The minimum atomic E-state index is -0.568. The Kier molecular flexibility index (Phi) is 5.17. The van der Waals surface area contributed by atoms with E-state index in [1.54, 1.807) is 12.1 Å². The molecule has 27 heavy (non-hydrogen) atoms. The number of hydrogen-bond donors (Lipinski definition) is 1. The fourth-order valence-corrected chi connectivity index (χ4v) is 2.67. The second-order valence-electron chi connectivity index (χ2n) is 5.76. The van der Waals surface area contributed by atoms with Gasteiger partial charge in [-0.25, -0.2) is 4.39 Å². The fraction of sp³-hybridized carbons (Fsp3) is 0.188. The molecule has 0 saturated heterocycles. The maximum absolute atomic E-state index is 13.3. The van der Waals surface area contributed by atoms with Crippen LogP contribution in [0.25, 0.3) is 0 Å². The topological polar surface area (TPSA) is 108 Å². The summed E-state index contributed by atoms with van der Waals surface area (Å²) in [5.41, 5.74) is 0.733. The molecule has 0 bridgehead atoms. The Bertz CT molecular complexity index is 1020. The molecule has 3 rings (SSSR count). The third kappa shape index (κ3) is 4.47. The number of anilines is 1. The molecule has 1 N–H and O–H groups in total. The Morgan fingerprint density at radius 3 is 2.78 bits per heavy atom. The number of rotatable bonds is 6. The number of amides is 1. The molecular formula is C16H14ClFN6O3. The number of carbonyl (C=O) groups is 1. The molecule has 2 heterocycles. The number of hydrogen-bond acceptors (Lipinski definition) is 5. The van der Waals surface area contributed by atoms with Gasteiger partial charge in [0.25, 0.3) is 0 Å². The zero-order valence-corrected chi connectivity index (χ0v) is 14.9. The van der Waals surface area contributed by atoms with Gasteiger partial charge in [0.05, 0.1) is 11.5 Å². The zero-order valence-electron chi connectivity index (χ0n) is 14.1. The van der Waals surface area contributed by atoms with Crippen molar-refractivity contribution in [3.8, 4) is 0 Å². The summed E-state index contributed by atoms with van der Waals surface area (Å²) < 4.78 is 15.9. The maximum Gasteiger partial charge on any atom is 0.309 e. The van der Waals surface area contributed by atoms with E-state index in [-0.39, 0.29) is 41.1 Å². The fourth-order valence-electron chi connectivity index (χ4n) is 2.47. The van der Waals surface area contributed by atoms with Crippen LogP contribution in [0.5, 0.6) is 0 Å². The summed E-state index contributed by atoms with van der Waals surface area (Å²) in [7, 11) is 0. The van der Waals surface area contributed by atoms with E-state index in [9.17, 15) is 19.3 Å². The molecule has 140 valence electrons. The first-order chi connectivity index (χ1) is 12.8. The number of benzene rings is 1. The van der Waals surface area contributed by atoms with Gasteiger partial charge < -0.3 is 5.32 Å². The molecule has 0 spiro atoms. The van der Waals surface area contributed by atoms with Crippen molar-refractivity contribution in [2.24, 2.45) is 0 Å². The van der Waals surface area contributed by atoms with E-state index in [1.807, 2.05) is 0 Å². The van der Waals surface area contributed by atoms with Crippen LogP contribution in [0.1, 0.15) is 11.3 Å². The van der Waals surface area contributed by atoms with Crippen molar-refractivity contribution in [2.45, 2.75) is 20.0 Å². The van der Waals surface area contributed by atoms with Gasteiger partial charge in [0.2, 0.25) is 5.91 Å². The van der Waals surface area contributed by atoms with Crippen LogP contribution in [0.2, 0.25) is 5.02 Å². The van der Waals surface area contributed by atoms with Crippen LogP contribution in [0.4, 0.5) is 15.9 Å². The normalized spacial score (nSPS) is 10.8. The molecule has 11 heteroatoms. The second-order valence-corrected chi connectivity index (χ2v) is 6.16. The number of nitrogens with zero attached hydrogens (tertiary/aromatic N) is 5. The summed E-state index contributed by atoms with van der Waals surface area (Å²) in [4.78, 5) is 22.4. The first-order valence-corrected chi connectivity index (χ1v) is 8.15. The van der Waals surface area contributed by atoms with Crippen LogP contribution in [0, 0.1) is 22.9 Å². The average Bonchev–Trinajstić information content (AvgIpc) is 3.10. The van der Waals surface area contributed by atoms with Gasteiger partial charge in [-0.05, 0) is 24.6 Å². The highest BCUT2D eigenvalue weighted by Gasteiger charge is 2.17. The summed E-state index contributed by atoms with van der Waals surface area (Å²) in [6.45, 7) is 1.52. The van der Waals surface area contributed by atoms with E-state index < -0.39 is 10.8 Å². The molecule has 0 unspecified atom stereocenters. The van der Waals surface area contributed by atoms with Crippen molar-refractivity contribution >= 4 is 29.0 Å². The van der Waals surface area contributed by atoms with Gasteiger partial charge in [0.1, 0.15) is 29.3 Å². The highest BCUT2D eigenvalue weighted by atomic mass is 35.5. The van der Waals surface area contributed by atoms with Crippen molar-refractivity contribution < 1.29 is 14.1 Å². The molecule has 0 aliphatic carbocycles. The number of aryl methyl sites for hydroxylation is 1. The largest absolute Gasteiger partial charge is 0.309 e. The third-order valence-corrected chi connectivity index (χ3v) is 3.91. The van der Waals surface area contributed by atoms with E-state index in [0.717, 1.165) is 0 Å². The number of carbonyl (C=O) groups excluding carboxylic acids is 1. The number of nitro groups is 1. The van der Waals surface area contributed by atoms with Gasteiger partial charge in [0.15, 0.2) is 5.82 Å². The van der Waals surface area contributed by atoms with Gasteiger partial charge in [-0.3, -0.25) is 24.3 Å². The van der Waals surface area contributed by atoms with E-state index in [0.29, 0.717) is 5.56 Å². The quantitative estimate of drug-likeness (QED) is 0.512. The number of halogens is 2. The average molecular weight is 393 g/mol. The first kappa shape index (κ1) is 18.5. The summed E-state index contributed by atoms with van der Waals surface area (Å²) >= 11 is 6.08. The standard InChI is InChI=1S/C16H14ClFN6O3/c1-10-14(24(26)27)8-23(20-10)9-15(25)19-16-13(17)7-22(21-16)6-11-3-2-4-12(18)5-11/h2-5,7-8H,6,9H2,1H3,(H,19,21,25). The molecule has 1 amide bonds. The van der Waals surface area contributed by atoms with Crippen molar-refractivity contribution in [3.63, 3.8) is 0 Å². The Morgan fingerprint density at radius 2 is 2.11 bits per heavy atom. The van der Waals surface area contributed by atoms with Gasteiger partial charge in [-0.1, -0.05) is 23.7 Å². The van der Waals surface area contributed by atoms with Crippen LogP contribution in [-0.4, -0.2) is 30.4 Å². The predicted molar refractivity (Wildman–Crippen MR) is 95.0 cm³/mol. The van der Waals surface area contributed by atoms with Crippen molar-refractivity contribution in [1.29, 1.82) is 0 Å². The van der Waals surface area contributed by atoms with Crippen molar-refractivity contribution in [2.75, 3.05) is 5.32 Å². The molecule has 0 aliphatic heterocycles. The maximum atomic E-state index is 13.3. The molecule has 0 aliphatic rings. The van der Waals surface area contributed by atoms with E-state index in [4.69, 9.17) is 11.6 Å². The SMILES string of the molecule is Cc1nn(CC(=O)Nc2nn(Cc3cccc(F)c3)cc2Cl)cc1[N+](=O)[O-]. The predicted octanol–water partition coefficient (Wildman–Crippen LogP) is 2.78. The molecule has 0 atom stereocenters. The molecular weight excluding hydrogens is 379 g/mol. The lowest BCUT2D eigenvalue weighted by atomic mass is 10.2. The third-order valence-electron chi connectivity index (χ3n) is 3.63. The number of nitrogens with one attached hydrogen (secondary N) is 1. The first-order valence-electron chi connectivity index (χ1n) is 7.77. The molecule has 0 radical (unpaired) electrons. The van der Waals surface area contributed by atoms with E-state index in [2.05, 4.69) is 15.5 Å². The summed E-state index contributed by atoms with van der Waals surface area (Å²) in [6.07, 6.45) is 2.68. The van der Waals surface area contributed by atoms with Crippen molar-refractivity contribution in [3.05, 3.63) is 68.9 Å². The Labute approximate surface area is 157 Å². The van der Waals surface area contributed by atoms with Crippen LogP contribution in [0.3, 0.4) is 0 Å². The highest BCUT2D eigenvalue weighted by Crippen LogP contribution is 2.20. The molecule has 0 saturated carbocycles.